The van der Waals surface area contributed by atoms with Crippen LogP contribution < -0.4 is 10.6 Å². The van der Waals surface area contributed by atoms with E-state index in [1.165, 1.54) is 6.39 Å². The lowest BCUT2D eigenvalue weighted by Gasteiger charge is -2.10. The fourth-order valence-electron chi connectivity index (χ4n) is 1.09. The first-order valence-electron chi connectivity index (χ1n) is 5.47. The second-order valence-corrected chi connectivity index (χ2v) is 3.64. The molecule has 0 fully saturated rings. The summed E-state index contributed by atoms with van der Waals surface area (Å²) in [6, 6.07) is 0.364. The maximum Gasteiger partial charge on any atom is 0.233 e. The molecule has 0 bridgehead atoms. The van der Waals surface area contributed by atoms with Crippen LogP contribution in [0.5, 0.6) is 0 Å². The highest BCUT2D eigenvalue weighted by atomic mass is 16.5. The van der Waals surface area contributed by atoms with Gasteiger partial charge in [0.1, 0.15) is 0 Å². The number of nitrogens with zero attached hydrogens (tertiary/aromatic N) is 2. The van der Waals surface area contributed by atoms with Crippen molar-refractivity contribution in [2.75, 3.05) is 13.1 Å². The molecule has 0 spiro atoms. The fourth-order valence-corrected chi connectivity index (χ4v) is 1.09. The largest absolute Gasteiger partial charge is 0.355 e. The molecule has 0 saturated carbocycles. The Morgan fingerprint density at radius 2 is 2.44 bits per heavy atom. The van der Waals surface area contributed by atoms with Gasteiger partial charge in [0.05, 0.1) is 6.54 Å². The van der Waals surface area contributed by atoms with E-state index in [1.54, 1.807) is 0 Å². The van der Waals surface area contributed by atoms with Gasteiger partial charge < -0.3 is 15.2 Å². The summed E-state index contributed by atoms with van der Waals surface area (Å²) in [5.74, 6) is 0.596. The van der Waals surface area contributed by atoms with Crippen molar-refractivity contribution in [3.05, 3.63) is 12.2 Å². The Hall–Kier alpha value is -1.43. The van der Waals surface area contributed by atoms with Crippen LogP contribution >= 0.6 is 0 Å². The molecule has 1 aromatic heterocycles. The van der Waals surface area contributed by atoms with Crippen LogP contribution in [0.1, 0.15) is 26.1 Å². The SMILES string of the molecule is CCC(C)NCC(=O)NCCc1ncon1. The molecule has 0 saturated heterocycles. The van der Waals surface area contributed by atoms with Crippen LogP contribution in [0.25, 0.3) is 0 Å². The quantitative estimate of drug-likeness (QED) is 0.690. The molecule has 0 aliphatic rings. The number of nitrogens with one attached hydrogen (secondary N) is 2. The molecule has 2 N–H and O–H groups in total. The normalized spacial score (nSPS) is 12.4. The molecule has 1 aromatic rings. The number of hydrogen-bond acceptors (Lipinski definition) is 5. The van der Waals surface area contributed by atoms with Crippen molar-refractivity contribution >= 4 is 5.91 Å². The summed E-state index contributed by atoms with van der Waals surface area (Å²) >= 11 is 0. The molecule has 1 amide bonds. The van der Waals surface area contributed by atoms with E-state index in [0.29, 0.717) is 31.4 Å². The molecular weight excluding hydrogens is 208 g/mol. The van der Waals surface area contributed by atoms with Crippen LogP contribution in [0.4, 0.5) is 0 Å². The smallest absolute Gasteiger partial charge is 0.233 e. The zero-order chi connectivity index (χ0) is 11.8. The van der Waals surface area contributed by atoms with E-state index in [9.17, 15) is 4.79 Å². The van der Waals surface area contributed by atoms with E-state index in [4.69, 9.17) is 0 Å². The van der Waals surface area contributed by atoms with Crippen molar-refractivity contribution in [1.29, 1.82) is 0 Å². The first kappa shape index (κ1) is 12.6. The predicted octanol–water partition coefficient (Wildman–Crippen LogP) is 0.116. The van der Waals surface area contributed by atoms with Crippen molar-refractivity contribution < 1.29 is 9.32 Å². The fraction of sp³-hybridized carbons (Fsp3) is 0.700. The second-order valence-electron chi connectivity index (χ2n) is 3.64. The summed E-state index contributed by atoms with van der Waals surface area (Å²) in [5.41, 5.74) is 0. The van der Waals surface area contributed by atoms with E-state index >= 15 is 0 Å². The van der Waals surface area contributed by atoms with Gasteiger partial charge in [-0.1, -0.05) is 12.1 Å². The average Bonchev–Trinajstić information content (AvgIpc) is 2.79. The van der Waals surface area contributed by atoms with Gasteiger partial charge in [0.2, 0.25) is 12.3 Å². The first-order valence-corrected chi connectivity index (χ1v) is 5.47. The van der Waals surface area contributed by atoms with E-state index in [2.05, 4.69) is 32.2 Å². The van der Waals surface area contributed by atoms with Gasteiger partial charge in [-0.25, -0.2) is 0 Å². The predicted molar refractivity (Wildman–Crippen MR) is 58.8 cm³/mol. The number of amides is 1. The standard InChI is InChI=1S/C10H18N4O2/c1-3-8(2)12-6-10(15)11-5-4-9-13-7-16-14-9/h7-8,12H,3-6H2,1-2H3,(H,11,15). The summed E-state index contributed by atoms with van der Waals surface area (Å²) < 4.78 is 4.58. The number of hydrogen-bond donors (Lipinski definition) is 2. The van der Waals surface area contributed by atoms with Crippen LogP contribution in [0.15, 0.2) is 10.9 Å². The third-order valence-electron chi connectivity index (χ3n) is 2.30. The summed E-state index contributed by atoms with van der Waals surface area (Å²) in [4.78, 5) is 15.2. The van der Waals surface area contributed by atoms with Crippen molar-refractivity contribution in [2.24, 2.45) is 0 Å². The molecule has 0 aliphatic heterocycles. The van der Waals surface area contributed by atoms with Gasteiger partial charge >= 0.3 is 0 Å². The Morgan fingerprint density at radius 3 is 3.06 bits per heavy atom. The molecule has 1 heterocycles. The van der Waals surface area contributed by atoms with Crippen LogP contribution in [-0.4, -0.2) is 35.2 Å². The lowest BCUT2D eigenvalue weighted by Crippen LogP contribution is -2.38. The zero-order valence-corrected chi connectivity index (χ0v) is 9.69. The molecule has 16 heavy (non-hydrogen) atoms. The van der Waals surface area contributed by atoms with Crippen LogP contribution in [0.2, 0.25) is 0 Å². The molecule has 0 aromatic carbocycles. The minimum atomic E-state index is -0.0104. The van der Waals surface area contributed by atoms with Gasteiger partial charge in [0, 0.05) is 19.0 Å². The van der Waals surface area contributed by atoms with Crippen LogP contribution in [0.3, 0.4) is 0 Å². The average molecular weight is 226 g/mol. The maximum absolute atomic E-state index is 11.4. The maximum atomic E-state index is 11.4. The Balaban J connectivity index is 2.06. The van der Waals surface area contributed by atoms with Gasteiger partial charge in [-0.2, -0.15) is 4.98 Å². The van der Waals surface area contributed by atoms with Gasteiger partial charge in [0.15, 0.2) is 5.82 Å². The topological polar surface area (TPSA) is 80.0 Å². The molecule has 1 rings (SSSR count). The minimum absolute atomic E-state index is 0.0104. The number of aromatic nitrogens is 2. The Morgan fingerprint density at radius 1 is 1.62 bits per heavy atom. The highest BCUT2D eigenvalue weighted by Gasteiger charge is 2.04. The zero-order valence-electron chi connectivity index (χ0n) is 9.69. The van der Waals surface area contributed by atoms with E-state index in [0.717, 1.165) is 6.42 Å². The molecule has 6 nitrogen and oxygen atoms in total. The third-order valence-corrected chi connectivity index (χ3v) is 2.30. The van der Waals surface area contributed by atoms with Gasteiger partial charge in [0.25, 0.3) is 0 Å². The van der Waals surface area contributed by atoms with E-state index < -0.39 is 0 Å². The number of carbonyl (C=O) groups excluding carboxylic acids is 1. The first-order chi connectivity index (χ1) is 7.72. The summed E-state index contributed by atoms with van der Waals surface area (Å²) in [7, 11) is 0. The van der Waals surface area contributed by atoms with E-state index in [1.807, 2.05) is 6.92 Å². The molecule has 1 atom stereocenters. The van der Waals surface area contributed by atoms with Crippen molar-refractivity contribution in [1.82, 2.24) is 20.8 Å². The number of carbonyl (C=O) groups is 1. The molecular formula is C10H18N4O2. The van der Waals surface area contributed by atoms with E-state index in [-0.39, 0.29) is 5.91 Å². The lowest BCUT2D eigenvalue weighted by molar-refractivity contribution is -0.120. The van der Waals surface area contributed by atoms with Gasteiger partial charge in [-0.05, 0) is 13.3 Å². The lowest BCUT2D eigenvalue weighted by atomic mass is 10.2. The van der Waals surface area contributed by atoms with Gasteiger partial charge in [-0.3, -0.25) is 4.79 Å². The van der Waals surface area contributed by atoms with Crippen molar-refractivity contribution in [2.45, 2.75) is 32.7 Å². The third kappa shape index (κ3) is 4.88. The molecule has 6 heteroatoms. The summed E-state index contributed by atoms with van der Waals surface area (Å²) in [5, 5.41) is 9.54. The Bertz CT molecular complexity index is 300. The molecule has 1 unspecified atom stereocenters. The molecule has 0 radical (unpaired) electrons. The van der Waals surface area contributed by atoms with Gasteiger partial charge in [-0.15, -0.1) is 0 Å². The second kappa shape index (κ2) is 6.95. The van der Waals surface area contributed by atoms with Crippen LogP contribution in [-0.2, 0) is 11.2 Å². The highest BCUT2D eigenvalue weighted by molar-refractivity contribution is 5.77. The molecule has 90 valence electrons. The molecule has 0 aliphatic carbocycles. The summed E-state index contributed by atoms with van der Waals surface area (Å²) in [6.45, 7) is 5.00. The van der Waals surface area contributed by atoms with Crippen molar-refractivity contribution in [3.63, 3.8) is 0 Å². The summed E-state index contributed by atoms with van der Waals surface area (Å²) in [6.07, 6.45) is 2.88. The Labute approximate surface area is 94.8 Å². The van der Waals surface area contributed by atoms with Crippen molar-refractivity contribution in [3.8, 4) is 0 Å². The Kier molecular flexibility index (Phi) is 5.49. The minimum Gasteiger partial charge on any atom is -0.355 e. The van der Waals surface area contributed by atoms with Crippen LogP contribution in [0, 0.1) is 0 Å². The highest BCUT2D eigenvalue weighted by Crippen LogP contribution is 1.88. The number of rotatable bonds is 7. The monoisotopic (exact) mass is 226 g/mol.